The number of rotatable bonds is 3. The van der Waals surface area contributed by atoms with E-state index >= 15 is 0 Å². The van der Waals surface area contributed by atoms with Gasteiger partial charge in [0.25, 0.3) is 0 Å². The zero-order valence-electron chi connectivity index (χ0n) is 11.6. The van der Waals surface area contributed by atoms with Gasteiger partial charge >= 0.3 is 0 Å². The summed E-state index contributed by atoms with van der Waals surface area (Å²) in [6.45, 7) is 5.60. The monoisotopic (exact) mass is 264 g/mol. The number of piperidine rings is 1. The molecule has 1 saturated heterocycles. The Balaban J connectivity index is 2.17. The van der Waals surface area contributed by atoms with Crippen molar-refractivity contribution in [1.29, 1.82) is 0 Å². The third kappa shape index (κ3) is 2.95. The fourth-order valence-corrected chi connectivity index (χ4v) is 2.64. The fraction of sp³-hybridized carbons (Fsp3) is 0.533. The number of nitrogens with one attached hydrogen (secondary N) is 2. The highest BCUT2D eigenvalue weighted by Crippen LogP contribution is 2.34. The highest BCUT2D eigenvalue weighted by Gasteiger charge is 2.37. The number of benzene rings is 1. The van der Waals surface area contributed by atoms with Gasteiger partial charge in [-0.05, 0) is 57.0 Å². The number of carbonyl (C=O) groups excluding carboxylic acids is 1. The van der Waals surface area contributed by atoms with Crippen LogP contribution in [0.1, 0.15) is 31.7 Å². The van der Waals surface area contributed by atoms with Gasteiger partial charge in [-0.2, -0.15) is 0 Å². The van der Waals surface area contributed by atoms with Crippen LogP contribution in [0.15, 0.2) is 18.2 Å². The van der Waals surface area contributed by atoms with Gasteiger partial charge in [-0.3, -0.25) is 4.79 Å². The van der Waals surface area contributed by atoms with E-state index in [4.69, 9.17) is 0 Å². The van der Waals surface area contributed by atoms with Crippen LogP contribution in [0.2, 0.25) is 0 Å². The van der Waals surface area contributed by atoms with Gasteiger partial charge in [0.15, 0.2) is 0 Å². The van der Waals surface area contributed by atoms with Gasteiger partial charge in [0.05, 0.1) is 11.1 Å². The van der Waals surface area contributed by atoms with E-state index in [2.05, 4.69) is 10.6 Å². The molecular weight excluding hydrogens is 243 g/mol. The Morgan fingerprint density at radius 2 is 2.11 bits per heavy atom. The molecule has 0 saturated carbocycles. The summed E-state index contributed by atoms with van der Waals surface area (Å²) in [4.78, 5) is 12.5. The smallest absolute Gasteiger partial charge is 0.230 e. The molecular formula is C15H21FN2O. The third-order valence-electron chi connectivity index (χ3n) is 4.09. The highest BCUT2D eigenvalue weighted by atomic mass is 19.1. The lowest BCUT2D eigenvalue weighted by atomic mass is 9.76. The predicted molar refractivity (Wildman–Crippen MR) is 74.6 cm³/mol. The molecule has 1 aliphatic heterocycles. The Labute approximate surface area is 113 Å². The van der Waals surface area contributed by atoms with Crippen molar-refractivity contribution in [3.8, 4) is 0 Å². The van der Waals surface area contributed by atoms with Crippen LogP contribution in [-0.4, -0.2) is 19.0 Å². The molecule has 19 heavy (non-hydrogen) atoms. The largest absolute Gasteiger partial charge is 0.323 e. The summed E-state index contributed by atoms with van der Waals surface area (Å²) in [6, 6.07) is 4.77. The van der Waals surface area contributed by atoms with Crippen LogP contribution >= 0.6 is 0 Å². The van der Waals surface area contributed by atoms with Gasteiger partial charge in [0.2, 0.25) is 5.91 Å². The Kier molecular flexibility index (Phi) is 4.20. The maximum atomic E-state index is 13.7. The Bertz CT molecular complexity index is 467. The molecule has 0 spiro atoms. The Hall–Kier alpha value is -1.42. The first kappa shape index (κ1) is 14.0. The lowest BCUT2D eigenvalue weighted by Crippen LogP contribution is -2.44. The summed E-state index contributed by atoms with van der Waals surface area (Å²) in [5, 5.41) is 6.03. The van der Waals surface area contributed by atoms with Gasteiger partial charge in [-0.25, -0.2) is 4.39 Å². The average Bonchev–Trinajstić information content (AvgIpc) is 2.43. The van der Waals surface area contributed by atoms with Crippen molar-refractivity contribution in [2.75, 3.05) is 18.4 Å². The van der Waals surface area contributed by atoms with Crippen molar-refractivity contribution in [1.82, 2.24) is 5.32 Å². The summed E-state index contributed by atoms with van der Waals surface area (Å²) < 4.78 is 13.7. The SMILES string of the molecule is CCC1(C(=O)Nc2cc(C)ccc2F)CCNCC1. The van der Waals surface area contributed by atoms with Gasteiger partial charge in [0, 0.05) is 0 Å². The standard InChI is InChI=1S/C15H21FN2O/c1-3-15(6-8-17-9-7-15)14(19)18-13-10-11(2)4-5-12(13)16/h4-5,10,17H,3,6-9H2,1-2H3,(H,18,19). The van der Waals surface area contributed by atoms with E-state index in [0.717, 1.165) is 37.9 Å². The molecule has 1 aliphatic rings. The summed E-state index contributed by atoms with van der Waals surface area (Å²) in [5.41, 5.74) is 0.866. The van der Waals surface area contributed by atoms with E-state index in [0.29, 0.717) is 0 Å². The number of halogens is 1. The minimum atomic E-state index is -0.376. The Morgan fingerprint density at radius 1 is 1.42 bits per heavy atom. The number of carbonyl (C=O) groups is 1. The van der Waals surface area contributed by atoms with Crippen molar-refractivity contribution in [3.05, 3.63) is 29.6 Å². The van der Waals surface area contributed by atoms with Crippen LogP contribution in [-0.2, 0) is 4.79 Å². The van der Waals surface area contributed by atoms with Crippen molar-refractivity contribution < 1.29 is 9.18 Å². The first-order valence-electron chi connectivity index (χ1n) is 6.86. The number of hydrogen-bond donors (Lipinski definition) is 2. The minimum absolute atomic E-state index is 0.0546. The normalized spacial score (nSPS) is 18.1. The van der Waals surface area contributed by atoms with Crippen molar-refractivity contribution in [3.63, 3.8) is 0 Å². The molecule has 1 fully saturated rings. The van der Waals surface area contributed by atoms with Crippen molar-refractivity contribution in [2.24, 2.45) is 5.41 Å². The number of amides is 1. The van der Waals surface area contributed by atoms with E-state index < -0.39 is 0 Å². The van der Waals surface area contributed by atoms with Gasteiger partial charge in [-0.1, -0.05) is 13.0 Å². The summed E-state index contributed by atoms with van der Waals surface area (Å²) in [7, 11) is 0. The molecule has 0 aliphatic carbocycles. The maximum Gasteiger partial charge on any atom is 0.230 e. The summed E-state index contributed by atoms with van der Waals surface area (Å²) in [6.07, 6.45) is 2.40. The lowest BCUT2D eigenvalue weighted by molar-refractivity contribution is -0.127. The van der Waals surface area contributed by atoms with Crippen LogP contribution in [0, 0.1) is 18.2 Å². The van der Waals surface area contributed by atoms with Gasteiger partial charge < -0.3 is 10.6 Å². The molecule has 3 nitrogen and oxygen atoms in total. The quantitative estimate of drug-likeness (QED) is 0.881. The highest BCUT2D eigenvalue weighted by molar-refractivity contribution is 5.95. The van der Waals surface area contributed by atoms with E-state index in [9.17, 15) is 9.18 Å². The zero-order chi connectivity index (χ0) is 13.9. The first-order chi connectivity index (χ1) is 9.07. The van der Waals surface area contributed by atoms with Crippen LogP contribution in [0.4, 0.5) is 10.1 Å². The molecule has 0 atom stereocenters. The molecule has 0 radical (unpaired) electrons. The van der Waals surface area contributed by atoms with E-state index in [1.165, 1.54) is 6.07 Å². The summed E-state index contributed by atoms with van der Waals surface area (Å²) >= 11 is 0. The molecule has 2 N–H and O–H groups in total. The molecule has 0 unspecified atom stereocenters. The van der Waals surface area contributed by atoms with E-state index in [-0.39, 0.29) is 22.8 Å². The summed E-state index contributed by atoms with van der Waals surface area (Å²) in [5.74, 6) is -0.430. The molecule has 0 bridgehead atoms. The maximum absolute atomic E-state index is 13.7. The predicted octanol–water partition coefficient (Wildman–Crippen LogP) is 2.85. The van der Waals surface area contributed by atoms with Crippen LogP contribution in [0.25, 0.3) is 0 Å². The van der Waals surface area contributed by atoms with Gasteiger partial charge in [0.1, 0.15) is 5.82 Å². The second kappa shape index (κ2) is 5.70. The van der Waals surface area contributed by atoms with Gasteiger partial charge in [-0.15, -0.1) is 0 Å². The minimum Gasteiger partial charge on any atom is -0.323 e. The molecule has 1 aromatic rings. The number of aryl methyl sites for hydroxylation is 1. The average molecular weight is 264 g/mol. The first-order valence-corrected chi connectivity index (χ1v) is 6.86. The molecule has 1 amide bonds. The number of hydrogen-bond acceptors (Lipinski definition) is 2. The second-order valence-corrected chi connectivity index (χ2v) is 5.32. The molecule has 2 rings (SSSR count). The Morgan fingerprint density at radius 3 is 2.74 bits per heavy atom. The van der Waals surface area contributed by atoms with E-state index in [1.54, 1.807) is 12.1 Å². The van der Waals surface area contributed by atoms with Crippen LogP contribution in [0.3, 0.4) is 0 Å². The van der Waals surface area contributed by atoms with Crippen molar-refractivity contribution in [2.45, 2.75) is 33.1 Å². The zero-order valence-corrected chi connectivity index (χ0v) is 11.6. The van der Waals surface area contributed by atoms with E-state index in [1.807, 2.05) is 13.8 Å². The van der Waals surface area contributed by atoms with Crippen LogP contribution in [0.5, 0.6) is 0 Å². The molecule has 4 heteroatoms. The molecule has 1 heterocycles. The van der Waals surface area contributed by atoms with Crippen molar-refractivity contribution >= 4 is 11.6 Å². The fourth-order valence-electron chi connectivity index (χ4n) is 2.64. The molecule has 1 aromatic carbocycles. The lowest BCUT2D eigenvalue weighted by Gasteiger charge is -2.35. The third-order valence-corrected chi connectivity index (χ3v) is 4.09. The molecule has 0 aromatic heterocycles. The second-order valence-electron chi connectivity index (χ2n) is 5.32. The topological polar surface area (TPSA) is 41.1 Å². The molecule has 104 valence electrons. The number of anilines is 1. The van der Waals surface area contributed by atoms with Crippen LogP contribution < -0.4 is 10.6 Å².